The molecule has 1 heterocycles. The zero-order valence-electron chi connectivity index (χ0n) is 10.6. The summed E-state index contributed by atoms with van der Waals surface area (Å²) in [4.78, 5) is 22.4. The molecule has 0 bridgehead atoms. The van der Waals surface area contributed by atoms with E-state index in [2.05, 4.69) is 0 Å². The minimum atomic E-state index is -0.988. The molecule has 1 rings (SSSR count). The number of primary amides is 1. The molecule has 0 aliphatic carbocycles. The quantitative estimate of drug-likeness (QED) is 0.751. The number of ether oxygens (including phenoxy) is 3. The van der Waals surface area contributed by atoms with Crippen molar-refractivity contribution in [1.82, 2.24) is 0 Å². The Morgan fingerprint density at radius 3 is 2.47 bits per heavy atom. The van der Waals surface area contributed by atoms with E-state index in [1.54, 1.807) is 13.8 Å². The van der Waals surface area contributed by atoms with Gasteiger partial charge in [0.1, 0.15) is 6.10 Å². The Hall–Kier alpha value is -1.30. The summed E-state index contributed by atoms with van der Waals surface area (Å²) in [5.74, 6) is -1.28. The highest BCUT2D eigenvalue weighted by Crippen LogP contribution is 2.28. The van der Waals surface area contributed by atoms with Gasteiger partial charge in [0.2, 0.25) is 5.79 Å². The number of nitrogens with two attached hydrogens (primary N) is 1. The maximum absolute atomic E-state index is 11.6. The fourth-order valence-corrected chi connectivity index (χ4v) is 1.75. The van der Waals surface area contributed by atoms with Crippen molar-refractivity contribution >= 4 is 12.1 Å². The lowest BCUT2D eigenvalue weighted by Gasteiger charge is -2.22. The Bertz CT molecular complexity index is 313. The first-order valence-electron chi connectivity index (χ1n) is 5.58. The third-order valence-corrected chi connectivity index (χ3v) is 2.30. The van der Waals surface area contributed by atoms with Crippen LogP contribution in [0.2, 0.25) is 0 Å². The number of esters is 1. The first-order valence-corrected chi connectivity index (χ1v) is 5.58. The molecule has 0 aromatic heterocycles. The molecule has 2 N–H and O–H groups in total. The van der Waals surface area contributed by atoms with Crippen LogP contribution in [0.5, 0.6) is 0 Å². The lowest BCUT2D eigenvalue weighted by Crippen LogP contribution is -2.39. The van der Waals surface area contributed by atoms with Gasteiger partial charge in [-0.2, -0.15) is 0 Å². The van der Waals surface area contributed by atoms with Crippen molar-refractivity contribution in [2.75, 3.05) is 0 Å². The fourth-order valence-electron chi connectivity index (χ4n) is 1.75. The summed E-state index contributed by atoms with van der Waals surface area (Å²) in [5.41, 5.74) is 4.98. The lowest BCUT2D eigenvalue weighted by atomic mass is 10.0. The standard InChI is InChI=1S/C11H19NO5/c1-6(2)5-7(15-10(12)14)8-9(13)17-11(3,4)16-8/h6-8H,5H2,1-4H3,(H2,12,14)/t7-,8-/m0/s1. The largest absolute Gasteiger partial charge is 0.443 e. The number of carbonyl (C=O) groups is 2. The van der Waals surface area contributed by atoms with Gasteiger partial charge < -0.3 is 19.9 Å². The predicted molar refractivity (Wildman–Crippen MR) is 59.0 cm³/mol. The SMILES string of the molecule is CC(C)C[C@H](OC(N)=O)[C@@H]1OC(C)(C)OC1=O. The van der Waals surface area contributed by atoms with Gasteiger partial charge in [-0.3, -0.25) is 0 Å². The Labute approximate surface area is 100 Å². The number of cyclic esters (lactones) is 1. The molecule has 0 unspecified atom stereocenters. The van der Waals surface area contributed by atoms with Gasteiger partial charge in [-0.05, 0) is 12.3 Å². The van der Waals surface area contributed by atoms with E-state index in [1.807, 2.05) is 13.8 Å². The van der Waals surface area contributed by atoms with E-state index < -0.39 is 30.1 Å². The van der Waals surface area contributed by atoms with Crippen molar-refractivity contribution in [3.63, 3.8) is 0 Å². The van der Waals surface area contributed by atoms with E-state index >= 15 is 0 Å². The van der Waals surface area contributed by atoms with Gasteiger partial charge in [0.05, 0.1) is 0 Å². The molecule has 6 nitrogen and oxygen atoms in total. The average molecular weight is 245 g/mol. The van der Waals surface area contributed by atoms with Crippen LogP contribution in [0.1, 0.15) is 34.1 Å². The maximum Gasteiger partial charge on any atom is 0.404 e. The zero-order valence-corrected chi connectivity index (χ0v) is 10.6. The molecular formula is C11H19NO5. The van der Waals surface area contributed by atoms with Crippen LogP contribution in [0, 0.1) is 5.92 Å². The van der Waals surface area contributed by atoms with E-state index in [0.29, 0.717) is 6.42 Å². The van der Waals surface area contributed by atoms with Gasteiger partial charge in [0.15, 0.2) is 6.10 Å². The first kappa shape index (κ1) is 13.8. The minimum Gasteiger partial charge on any atom is -0.443 e. The Morgan fingerprint density at radius 2 is 2.12 bits per heavy atom. The zero-order chi connectivity index (χ0) is 13.2. The predicted octanol–water partition coefficient (Wildman–Crippen LogP) is 1.17. The molecule has 1 amide bonds. The van der Waals surface area contributed by atoms with Crippen LogP contribution in [0.25, 0.3) is 0 Å². The second-order valence-electron chi connectivity index (χ2n) is 4.96. The molecule has 0 aromatic rings. The van der Waals surface area contributed by atoms with E-state index in [-0.39, 0.29) is 5.92 Å². The van der Waals surface area contributed by atoms with Gasteiger partial charge in [-0.25, -0.2) is 9.59 Å². The van der Waals surface area contributed by atoms with E-state index in [1.165, 1.54) is 0 Å². The summed E-state index contributed by atoms with van der Waals surface area (Å²) in [6.45, 7) is 7.15. The normalized spacial score (nSPS) is 24.5. The summed E-state index contributed by atoms with van der Waals surface area (Å²) in [6.07, 6.45) is -2.04. The van der Waals surface area contributed by atoms with Gasteiger partial charge in [0.25, 0.3) is 0 Å². The number of hydrogen-bond donors (Lipinski definition) is 1. The summed E-state index contributed by atoms with van der Waals surface area (Å²) < 4.78 is 15.4. The van der Waals surface area contributed by atoms with E-state index in [0.717, 1.165) is 0 Å². The molecule has 1 aliphatic heterocycles. The number of carbonyl (C=O) groups excluding carboxylic acids is 2. The first-order chi connectivity index (χ1) is 7.71. The highest BCUT2D eigenvalue weighted by Gasteiger charge is 2.46. The minimum absolute atomic E-state index is 0.236. The van der Waals surface area contributed by atoms with Crippen LogP contribution in [-0.2, 0) is 19.0 Å². The number of hydrogen-bond acceptors (Lipinski definition) is 5. The van der Waals surface area contributed by atoms with Crippen LogP contribution >= 0.6 is 0 Å². The highest BCUT2D eigenvalue weighted by molar-refractivity contribution is 5.78. The topological polar surface area (TPSA) is 87.8 Å². The lowest BCUT2D eigenvalue weighted by molar-refractivity contribution is -0.163. The van der Waals surface area contributed by atoms with Crippen LogP contribution in [0.15, 0.2) is 0 Å². The molecule has 0 radical (unpaired) electrons. The highest BCUT2D eigenvalue weighted by atomic mass is 16.8. The molecule has 17 heavy (non-hydrogen) atoms. The van der Waals surface area contributed by atoms with Gasteiger partial charge >= 0.3 is 12.1 Å². The molecule has 0 aromatic carbocycles. The van der Waals surface area contributed by atoms with Crippen LogP contribution < -0.4 is 5.73 Å². The number of amides is 1. The Balaban J connectivity index is 2.76. The van der Waals surface area contributed by atoms with Gasteiger partial charge in [-0.1, -0.05) is 13.8 Å². The van der Waals surface area contributed by atoms with Crippen LogP contribution in [0.3, 0.4) is 0 Å². The van der Waals surface area contributed by atoms with Crippen molar-refractivity contribution in [2.45, 2.75) is 52.1 Å². The van der Waals surface area contributed by atoms with Crippen LogP contribution in [-0.4, -0.2) is 30.1 Å². The Kier molecular flexibility index (Phi) is 3.98. The molecule has 6 heteroatoms. The van der Waals surface area contributed by atoms with Gasteiger partial charge in [-0.15, -0.1) is 0 Å². The molecule has 98 valence electrons. The second kappa shape index (κ2) is 4.91. The summed E-state index contributed by atoms with van der Waals surface area (Å²) >= 11 is 0. The smallest absolute Gasteiger partial charge is 0.404 e. The van der Waals surface area contributed by atoms with Crippen molar-refractivity contribution in [3.8, 4) is 0 Å². The van der Waals surface area contributed by atoms with E-state index in [4.69, 9.17) is 19.9 Å². The third kappa shape index (κ3) is 3.89. The molecule has 1 saturated heterocycles. The molecule has 2 atom stereocenters. The molecule has 1 aliphatic rings. The molecular weight excluding hydrogens is 226 g/mol. The fraction of sp³-hybridized carbons (Fsp3) is 0.818. The summed E-state index contributed by atoms with van der Waals surface area (Å²) in [6, 6.07) is 0. The molecule has 0 spiro atoms. The maximum atomic E-state index is 11.6. The molecule has 0 saturated carbocycles. The molecule has 1 fully saturated rings. The number of rotatable bonds is 4. The van der Waals surface area contributed by atoms with Crippen molar-refractivity contribution < 1.29 is 23.8 Å². The van der Waals surface area contributed by atoms with Crippen molar-refractivity contribution in [2.24, 2.45) is 11.7 Å². The average Bonchev–Trinajstić information content (AvgIpc) is 2.36. The summed E-state index contributed by atoms with van der Waals surface area (Å²) in [7, 11) is 0. The van der Waals surface area contributed by atoms with E-state index in [9.17, 15) is 9.59 Å². The monoisotopic (exact) mass is 245 g/mol. The van der Waals surface area contributed by atoms with Crippen LogP contribution in [0.4, 0.5) is 4.79 Å². The van der Waals surface area contributed by atoms with Gasteiger partial charge in [0, 0.05) is 13.8 Å². The van der Waals surface area contributed by atoms with Crippen molar-refractivity contribution in [1.29, 1.82) is 0 Å². The Morgan fingerprint density at radius 1 is 1.53 bits per heavy atom. The third-order valence-electron chi connectivity index (χ3n) is 2.30. The second-order valence-corrected chi connectivity index (χ2v) is 4.96. The van der Waals surface area contributed by atoms with Crippen molar-refractivity contribution in [3.05, 3.63) is 0 Å². The summed E-state index contributed by atoms with van der Waals surface area (Å²) in [5, 5.41) is 0.